The molecule has 5 nitrogen and oxygen atoms in total. The van der Waals surface area contributed by atoms with Crippen LogP contribution in [0.25, 0.3) is 16.5 Å². The van der Waals surface area contributed by atoms with Crippen LogP contribution >= 0.6 is 0 Å². The first kappa shape index (κ1) is 19.3. The molecule has 3 aromatic rings. The van der Waals surface area contributed by atoms with Gasteiger partial charge in [0.1, 0.15) is 11.6 Å². The molecule has 0 spiro atoms. The minimum atomic E-state index is -0.864. The normalized spacial score (nSPS) is 15.1. The van der Waals surface area contributed by atoms with Crippen LogP contribution in [0, 0.1) is 11.6 Å². The fraction of sp³-hybridized carbons (Fsp3) is 0.273. The third-order valence-corrected chi connectivity index (χ3v) is 5.43. The van der Waals surface area contributed by atoms with Gasteiger partial charge in [-0.1, -0.05) is 25.1 Å². The molecule has 1 aliphatic rings. The van der Waals surface area contributed by atoms with E-state index < -0.39 is 17.2 Å². The predicted octanol–water partition coefficient (Wildman–Crippen LogP) is 3.05. The molecular formula is C22H21F2N3O2. The average Bonchev–Trinajstić information content (AvgIpc) is 2.74. The van der Waals surface area contributed by atoms with Crippen LogP contribution in [0.2, 0.25) is 0 Å². The van der Waals surface area contributed by atoms with Crippen LogP contribution in [0.4, 0.5) is 8.78 Å². The Morgan fingerprint density at radius 2 is 1.69 bits per heavy atom. The summed E-state index contributed by atoms with van der Waals surface area (Å²) in [7, 11) is 0. The quantitative estimate of drug-likeness (QED) is 0.683. The van der Waals surface area contributed by atoms with Crippen molar-refractivity contribution in [2.45, 2.75) is 6.92 Å². The SMILES string of the molecule is CCN1CCN(C(=O)c2cn(-c3ccc(F)cc3F)c(=O)c3ccccc23)CC1. The smallest absolute Gasteiger partial charge is 0.263 e. The summed E-state index contributed by atoms with van der Waals surface area (Å²) in [5.41, 5.74) is -0.223. The number of amides is 1. The van der Waals surface area contributed by atoms with E-state index in [-0.39, 0.29) is 11.6 Å². The van der Waals surface area contributed by atoms with Gasteiger partial charge in [0.05, 0.1) is 11.3 Å². The Balaban J connectivity index is 1.85. The van der Waals surface area contributed by atoms with Gasteiger partial charge >= 0.3 is 0 Å². The molecule has 29 heavy (non-hydrogen) atoms. The average molecular weight is 397 g/mol. The highest BCUT2D eigenvalue weighted by Crippen LogP contribution is 2.21. The van der Waals surface area contributed by atoms with Crippen molar-refractivity contribution in [1.29, 1.82) is 0 Å². The monoisotopic (exact) mass is 397 g/mol. The summed E-state index contributed by atoms with van der Waals surface area (Å²) < 4.78 is 28.8. The van der Waals surface area contributed by atoms with Gasteiger partial charge < -0.3 is 9.80 Å². The van der Waals surface area contributed by atoms with Crippen LogP contribution in [0.15, 0.2) is 53.5 Å². The fourth-order valence-corrected chi connectivity index (χ4v) is 3.76. The Morgan fingerprint density at radius 3 is 2.34 bits per heavy atom. The van der Waals surface area contributed by atoms with Crippen molar-refractivity contribution in [1.82, 2.24) is 14.4 Å². The van der Waals surface area contributed by atoms with Crippen LogP contribution < -0.4 is 5.56 Å². The van der Waals surface area contributed by atoms with Crippen molar-refractivity contribution < 1.29 is 13.6 Å². The molecule has 1 saturated heterocycles. The Hall–Kier alpha value is -3.06. The van der Waals surface area contributed by atoms with E-state index in [1.165, 1.54) is 12.3 Å². The summed E-state index contributed by atoms with van der Waals surface area (Å²) in [6.07, 6.45) is 1.37. The van der Waals surface area contributed by atoms with Crippen LogP contribution in [0.3, 0.4) is 0 Å². The van der Waals surface area contributed by atoms with E-state index in [1.54, 1.807) is 29.2 Å². The van der Waals surface area contributed by atoms with Gasteiger partial charge in [-0.15, -0.1) is 0 Å². The zero-order valence-corrected chi connectivity index (χ0v) is 16.1. The number of hydrogen-bond donors (Lipinski definition) is 0. The molecule has 0 radical (unpaired) electrons. The number of benzene rings is 2. The lowest BCUT2D eigenvalue weighted by Crippen LogP contribution is -2.48. The molecule has 1 amide bonds. The molecule has 2 heterocycles. The molecule has 0 saturated carbocycles. The highest BCUT2D eigenvalue weighted by atomic mass is 19.1. The fourth-order valence-electron chi connectivity index (χ4n) is 3.76. The van der Waals surface area contributed by atoms with Gasteiger partial charge in [0, 0.05) is 49.2 Å². The first-order valence-electron chi connectivity index (χ1n) is 9.61. The zero-order chi connectivity index (χ0) is 20.5. The van der Waals surface area contributed by atoms with Crippen LogP contribution in [-0.2, 0) is 0 Å². The number of likely N-dealkylation sites (N-methyl/N-ethyl adjacent to an activating group) is 1. The second-order valence-corrected chi connectivity index (χ2v) is 7.09. The number of pyridine rings is 1. The molecule has 0 aliphatic carbocycles. The summed E-state index contributed by atoms with van der Waals surface area (Å²) in [5, 5.41) is 0.841. The van der Waals surface area contributed by atoms with Crippen molar-refractivity contribution in [3.63, 3.8) is 0 Å². The van der Waals surface area contributed by atoms with Gasteiger partial charge in [0.2, 0.25) is 0 Å². The summed E-state index contributed by atoms with van der Waals surface area (Å²) in [6.45, 7) is 5.76. The Kier molecular flexibility index (Phi) is 5.15. The van der Waals surface area contributed by atoms with Crippen molar-refractivity contribution in [3.8, 4) is 5.69 Å². The zero-order valence-electron chi connectivity index (χ0n) is 16.1. The van der Waals surface area contributed by atoms with E-state index >= 15 is 0 Å². The van der Waals surface area contributed by atoms with Crippen molar-refractivity contribution in [2.24, 2.45) is 0 Å². The summed E-state index contributed by atoms with van der Waals surface area (Å²) in [6, 6.07) is 9.81. The molecule has 1 aromatic heterocycles. The summed E-state index contributed by atoms with van der Waals surface area (Å²) in [4.78, 5) is 30.3. The lowest BCUT2D eigenvalue weighted by Gasteiger charge is -2.34. The third kappa shape index (κ3) is 3.53. The molecule has 0 atom stereocenters. The predicted molar refractivity (Wildman–Crippen MR) is 107 cm³/mol. The second-order valence-electron chi connectivity index (χ2n) is 7.09. The van der Waals surface area contributed by atoms with E-state index in [2.05, 4.69) is 11.8 Å². The van der Waals surface area contributed by atoms with E-state index in [0.717, 1.165) is 36.3 Å². The molecule has 0 bridgehead atoms. The number of piperazine rings is 1. The highest BCUT2D eigenvalue weighted by Gasteiger charge is 2.24. The maximum Gasteiger partial charge on any atom is 0.263 e. The maximum absolute atomic E-state index is 14.4. The number of hydrogen-bond acceptors (Lipinski definition) is 3. The molecule has 2 aromatic carbocycles. The molecule has 0 unspecified atom stereocenters. The van der Waals surface area contributed by atoms with E-state index in [1.807, 2.05) is 0 Å². The van der Waals surface area contributed by atoms with Gasteiger partial charge in [-0.2, -0.15) is 0 Å². The number of aromatic nitrogens is 1. The minimum absolute atomic E-state index is 0.0907. The van der Waals surface area contributed by atoms with Gasteiger partial charge in [-0.25, -0.2) is 8.78 Å². The van der Waals surface area contributed by atoms with Crippen LogP contribution in [0.5, 0.6) is 0 Å². The molecule has 1 aliphatic heterocycles. The van der Waals surface area contributed by atoms with Crippen molar-refractivity contribution in [2.75, 3.05) is 32.7 Å². The number of nitrogens with zero attached hydrogens (tertiary/aromatic N) is 3. The lowest BCUT2D eigenvalue weighted by molar-refractivity contribution is 0.0644. The molecule has 150 valence electrons. The maximum atomic E-state index is 14.4. The van der Waals surface area contributed by atoms with Gasteiger partial charge in [0.15, 0.2) is 0 Å². The third-order valence-electron chi connectivity index (χ3n) is 5.43. The number of carbonyl (C=O) groups excluding carboxylic acids is 1. The standard InChI is InChI=1S/C22H21F2N3O2/c1-2-25-9-11-26(12-10-25)21(28)18-14-27(20-8-7-15(23)13-19(20)24)22(29)17-6-4-3-5-16(17)18/h3-8,13-14H,2,9-12H2,1H3. The first-order valence-corrected chi connectivity index (χ1v) is 9.61. The highest BCUT2D eigenvalue weighted by molar-refractivity contribution is 6.06. The number of carbonyl (C=O) groups is 1. The van der Waals surface area contributed by atoms with Gasteiger partial charge in [0.25, 0.3) is 11.5 Å². The minimum Gasteiger partial charge on any atom is -0.336 e. The molecule has 4 rings (SSSR count). The molecule has 7 heteroatoms. The molecule has 0 N–H and O–H groups in total. The van der Waals surface area contributed by atoms with Crippen molar-refractivity contribution in [3.05, 3.63) is 76.2 Å². The van der Waals surface area contributed by atoms with Gasteiger partial charge in [-0.05, 0) is 24.7 Å². The van der Waals surface area contributed by atoms with E-state index in [9.17, 15) is 18.4 Å². The van der Waals surface area contributed by atoms with E-state index in [4.69, 9.17) is 0 Å². The van der Waals surface area contributed by atoms with Crippen molar-refractivity contribution >= 4 is 16.7 Å². The van der Waals surface area contributed by atoms with Gasteiger partial charge in [-0.3, -0.25) is 14.2 Å². The van der Waals surface area contributed by atoms with Crippen LogP contribution in [0.1, 0.15) is 17.3 Å². The van der Waals surface area contributed by atoms with Crippen LogP contribution in [-0.4, -0.2) is 53.0 Å². The topological polar surface area (TPSA) is 45.5 Å². The second kappa shape index (κ2) is 7.75. The summed E-state index contributed by atoms with van der Waals surface area (Å²) >= 11 is 0. The Labute approximate surface area is 166 Å². The summed E-state index contributed by atoms with van der Waals surface area (Å²) in [5.74, 6) is -1.80. The first-order chi connectivity index (χ1) is 14.0. The number of rotatable bonds is 3. The molecular weight excluding hydrogens is 376 g/mol. The lowest BCUT2D eigenvalue weighted by atomic mass is 10.1. The number of halogens is 2. The number of fused-ring (bicyclic) bond motifs is 1. The largest absolute Gasteiger partial charge is 0.336 e. The Morgan fingerprint density at radius 1 is 1.00 bits per heavy atom. The Bertz CT molecular complexity index is 1130. The van der Waals surface area contributed by atoms with E-state index in [0.29, 0.717) is 29.4 Å². The molecule has 1 fully saturated rings.